The molecule has 2 amide bonds. The van der Waals surface area contributed by atoms with E-state index in [-0.39, 0.29) is 35.0 Å². The molecule has 0 atom stereocenters. The van der Waals surface area contributed by atoms with Crippen molar-refractivity contribution in [2.75, 3.05) is 26.2 Å². The molecule has 1 aromatic heterocycles. The molecule has 1 saturated heterocycles. The van der Waals surface area contributed by atoms with Gasteiger partial charge in [-0.3, -0.25) is 9.69 Å². The van der Waals surface area contributed by atoms with Gasteiger partial charge in [0.05, 0.1) is 28.4 Å². The summed E-state index contributed by atoms with van der Waals surface area (Å²) >= 11 is 6.27. The molecule has 2 aliphatic heterocycles. The number of pyridine rings is 1. The average Bonchev–Trinajstić information content (AvgIpc) is 3.35. The minimum Gasteiger partial charge on any atom is -0.489 e. The van der Waals surface area contributed by atoms with Gasteiger partial charge in [0, 0.05) is 61.1 Å². The van der Waals surface area contributed by atoms with Gasteiger partial charge in [-0.2, -0.15) is 5.26 Å². The Kier molecular flexibility index (Phi) is 9.41. The molecule has 0 N–H and O–H groups in total. The number of carbonyl (C=O) groups excluding carboxylic acids is 2. The maximum Gasteiger partial charge on any atom is 0.410 e. The van der Waals surface area contributed by atoms with Crippen LogP contribution in [0.2, 0.25) is 5.02 Å². The maximum absolute atomic E-state index is 13.7. The fourth-order valence-corrected chi connectivity index (χ4v) is 9.06. The SMILES string of the molecule is CC(C)(C)OC(=O)N1CCN([C@H]2CC[C@H](C#Cc3ccc4c(n3)CN([C@H]3C(C)(C)[C@H](Oc5ccc(C#N)c(Cl)c5)C3(C)C)C4=O)CC2)CC1. The first-order chi connectivity index (χ1) is 23.1. The van der Waals surface area contributed by atoms with Gasteiger partial charge in [-0.15, -0.1) is 0 Å². The molecule has 1 aromatic carbocycles. The van der Waals surface area contributed by atoms with Gasteiger partial charge < -0.3 is 19.3 Å². The van der Waals surface area contributed by atoms with Crippen LogP contribution < -0.4 is 4.74 Å². The second-order valence-electron chi connectivity index (χ2n) is 16.2. The van der Waals surface area contributed by atoms with Crippen LogP contribution in [0.4, 0.5) is 4.79 Å². The molecule has 2 aliphatic carbocycles. The summed E-state index contributed by atoms with van der Waals surface area (Å²) < 4.78 is 12.0. The number of aromatic nitrogens is 1. The van der Waals surface area contributed by atoms with Gasteiger partial charge in [-0.25, -0.2) is 9.78 Å². The van der Waals surface area contributed by atoms with Crippen molar-refractivity contribution in [2.24, 2.45) is 16.7 Å². The summed E-state index contributed by atoms with van der Waals surface area (Å²) in [6.07, 6.45) is 3.91. The van der Waals surface area contributed by atoms with Crippen LogP contribution in [0.5, 0.6) is 5.75 Å². The first kappa shape index (κ1) is 35.1. The van der Waals surface area contributed by atoms with Gasteiger partial charge in [-0.05, 0) is 76.6 Å². The Balaban J connectivity index is 1.03. The zero-order valence-electron chi connectivity index (χ0n) is 29.8. The first-order valence-electron chi connectivity index (χ1n) is 17.5. The number of carbonyl (C=O) groups is 2. The summed E-state index contributed by atoms with van der Waals surface area (Å²) in [5.74, 6) is 7.75. The number of amides is 2. The molecule has 10 heteroatoms. The third kappa shape index (κ3) is 6.98. The Labute approximate surface area is 295 Å². The van der Waals surface area contributed by atoms with E-state index >= 15 is 0 Å². The van der Waals surface area contributed by atoms with Gasteiger partial charge in [-0.1, -0.05) is 45.2 Å². The van der Waals surface area contributed by atoms with Gasteiger partial charge >= 0.3 is 6.09 Å². The topological polar surface area (TPSA) is 99.0 Å². The molecule has 0 radical (unpaired) electrons. The Bertz CT molecular complexity index is 1700. The number of nitriles is 1. The molecule has 2 aromatic rings. The molecule has 49 heavy (non-hydrogen) atoms. The number of nitrogens with zero attached hydrogens (tertiary/aromatic N) is 5. The third-order valence-electron chi connectivity index (χ3n) is 10.8. The number of halogens is 1. The van der Waals surface area contributed by atoms with Crippen molar-refractivity contribution >= 4 is 23.6 Å². The van der Waals surface area contributed by atoms with Gasteiger partial charge in [0.25, 0.3) is 5.91 Å². The molecule has 0 unspecified atom stereocenters. The Morgan fingerprint density at radius 2 is 1.67 bits per heavy atom. The number of ether oxygens (including phenoxy) is 2. The summed E-state index contributed by atoms with van der Waals surface area (Å²) in [6, 6.07) is 11.4. The van der Waals surface area contributed by atoms with Crippen molar-refractivity contribution in [3.63, 3.8) is 0 Å². The van der Waals surface area contributed by atoms with E-state index in [1.807, 2.05) is 42.7 Å². The molecular formula is C39H48ClN5O4. The maximum atomic E-state index is 13.7. The third-order valence-corrected chi connectivity index (χ3v) is 11.1. The molecule has 3 fully saturated rings. The molecule has 6 rings (SSSR count). The van der Waals surface area contributed by atoms with Crippen LogP contribution in [0.15, 0.2) is 30.3 Å². The predicted molar refractivity (Wildman–Crippen MR) is 188 cm³/mol. The number of piperazine rings is 1. The number of fused-ring (bicyclic) bond motifs is 1. The van der Waals surface area contributed by atoms with Crippen LogP contribution in [0.3, 0.4) is 0 Å². The number of hydrogen-bond acceptors (Lipinski definition) is 7. The van der Waals surface area contributed by atoms with Crippen LogP contribution in [0.25, 0.3) is 0 Å². The smallest absolute Gasteiger partial charge is 0.410 e. The molecule has 0 bridgehead atoms. The van der Waals surface area contributed by atoms with Crippen LogP contribution in [-0.2, 0) is 11.3 Å². The number of benzene rings is 1. The fraction of sp³-hybridized carbons (Fsp3) is 0.590. The average molecular weight is 686 g/mol. The first-order valence-corrected chi connectivity index (χ1v) is 17.9. The van der Waals surface area contributed by atoms with Crippen molar-refractivity contribution in [2.45, 2.75) is 104 Å². The quantitative estimate of drug-likeness (QED) is 0.323. The number of hydrogen-bond donors (Lipinski definition) is 0. The monoisotopic (exact) mass is 685 g/mol. The summed E-state index contributed by atoms with van der Waals surface area (Å²) in [7, 11) is 0. The second-order valence-corrected chi connectivity index (χ2v) is 16.6. The fourth-order valence-electron chi connectivity index (χ4n) is 8.85. The molecule has 9 nitrogen and oxygen atoms in total. The zero-order valence-corrected chi connectivity index (χ0v) is 30.6. The highest BCUT2D eigenvalue weighted by Crippen LogP contribution is 2.59. The Hall–Kier alpha value is -3.79. The standard InChI is InChI=1S/C39H48ClN5O4/c1-37(2,3)49-36(47)44-20-18-43(19-21-44)28-14-9-25(10-15-28)8-12-27-13-17-30-32(42-27)24-45(33(30)46)34-38(4,5)35(39(34,6)7)48-29-16-11-26(23-41)31(40)22-29/h11,13,16-17,22,25,28,34-35H,9-10,14-15,18-21,24H2,1-7H3/t25-,28-,34-,35-. The van der Waals surface area contributed by atoms with Gasteiger partial charge in [0.2, 0.25) is 0 Å². The normalized spacial score (nSPS) is 26.1. The highest BCUT2D eigenvalue weighted by Gasteiger charge is 2.67. The van der Waals surface area contributed by atoms with Crippen LogP contribution in [0.1, 0.15) is 101 Å². The Morgan fingerprint density at radius 1 is 1.00 bits per heavy atom. The van der Waals surface area contributed by atoms with E-state index in [4.69, 9.17) is 26.1 Å². The number of rotatable bonds is 4. The summed E-state index contributed by atoms with van der Waals surface area (Å²) in [5.41, 5.74) is 1.39. The van der Waals surface area contributed by atoms with E-state index in [0.717, 1.165) is 44.5 Å². The molecule has 4 aliphatic rings. The van der Waals surface area contributed by atoms with E-state index < -0.39 is 5.60 Å². The van der Waals surface area contributed by atoms with Gasteiger partial charge in [0.15, 0.2) is 0 Å². The largest absolute Gasteiger partial charge is 0.489 e. The summed E-state index contributed by atoms with van der Waals surface area (Å²) in [6.45, 7) is 17.9. The van der Waals surface area contributed by atoms with E-state index in [0.29, 0.717) is 59.2 Å². The molecule has 260 valence electrons. The predicted octanol–water partition coefficient (Wildman–Crippen LogP) is 6.91. The Morgan fingerprint density at radius 3 is 2.29 bits per heavy atom. The molecule has 2 saturated carbocycles. The van der Waals surface area contributed by atoms with Crippen molar-refractivity contribution in [3.8, 4) is 23.7 Å². The second kappa shape index (κ2) is 13.2. The van der Waals surface area contributed by atoms with Gasteiger partial charge in [0.1, 0.15) is 29.2 Å². The minimum absolute atomic E-state index is 0.00160. The lowest BCUT2D eigenvalue weighted by atomic mass is 9.49. The van der Waals surface area contributed by atoms with E-state index in [2.05, 4.69) is 50.5 Å². The van der Waals surface area contributed by atoms with Crippen molar-refractivity contribution < 1.29 is 19.1 Å². The summed E-state index contributed by atoms with van der Waals surface area (Å²) in [4.78, 5) is 37.3. The lowest BCUT2D eigenvalue weighted by Gasteiger charge is -2.65. The van der Waals surface area contributed by atoms with E-state index in [1.165, 1.54) is 0 Å². The van der Waals surface area contributed by atoms with Crippen LogP contribution >= 0.6 is 11.6 Å². The molecular weight excluding hydrogens is 638 g/mol. The van der Waals surface area contributed by atoms with E-state index in [1.54, 1.807) is 18.2 Å². The minimum atomic E-state index is -0.475. The lowest BCUT2D eigenvalue weighted by Crippen LogP contribution is -2.74. The highest BCUT2D eigenvalue weighted by atomic mass is 35.5. The van der Waals surface area contributed by atoms with Crippen molar-refractivity contribution in [3.05, 3.63) is 57.9 Å². The van der Waals surface area contributed by atoms with Crippen LogP contribution in [-0.4, -0.2) is 81.7 Å². The molecule has 3 heterocycles. The van der Waals surface area contributed by atoms with E-state index in [9.17, 15) is 14.9 Å². The van der Waals surface area contributed by atoms with Crippen molar-refractivity contribution in [1.82, 2.24) is 19.7 Å². The van der Waals surface area contributed by atoms with Crippen molar-refractivity contribution in [1.29, 1.82) is 5.26 Å². The lowest BCUT2D eigenvalue weighted by molar-refractivity contribution is -0.199. The van der Waals surface area contributed by atoms with Crippen LogP contribution in [0, 0.1) is 39.9 Å². The zero-order chi connectivity index (χ0) is 35.3. The molecule has 0 spiro atoms. The highest BCUT2D eigenvalue weighted by molar-refractivity contribution is 6.31. The summed E-state index contributed by atoms with van der Waals surface area (Å²) in [5, 5.41) is 9.59.